The molecule has 1 fully saturated rings. The first kappa shape index (κ1) is 27.1. The van der Waals surface area contributed by atoms with E-state index in [1.54, 1.807) is 13.3 Å². The van der Waals surface area contributed by atoms with Crippen molar-refractivity contribution in [3.63, 3.8) is 0 Å². The molecule has 3 N–H and O–H groups in total. The van der Waals surface area contributed by atoms with E-state index in [0.29, 0.717) is 23.9 Å². The maximum absolute atomic E-state index is 11.8. The molecule has 1 saturated heterocycles. The molecule has 1 aliphatic heterocycles. The summed E-state index contributed by atoms with van der Waals surface area (Å²) in [5, 5.41) is 16.7. The molecule has 40 heavy (non-hydrogen) atoms. The summed E-state index contributed by atoms with van der Waals surface area (Å²) < 4.78 is 5.73. The Bertz CT molecular complexity index is 1510. The average molecular weight is 539 g/mol. The van der Waals surface area contributed by atoms with E-state index in [1.807, 2.05) is 61.5 Å². The van der Waals surface area contributed by atoms with Gasteiger partial charge in [-0.25, -0.2) is 9.97 Å². The molecule has 1 aliphatic rings. The van der Waals surface area contributed by atoms with E-state index < -0.39 is 0 Å². The zero-order valence-corrected chi connectivity index (χ0v) is 22.8. The number of aliphatic hydroxyl groups is 1. The lowest BCUT2D eigenvalue weighted by Gasteiger charge is -2.36. The molecule has 5 rings (SSSR count). The molecule has 3 aromatic carbocycles. The SMILES string of the molecule is C=CC(=O)Nc1cccc(-c2cccc3cnc(Nc4ccc(N5CCN(CC(C)O)CC5)cc4OC)nc23)c1. The highest BCUT2D eigenvalue weighted by molar-refractivity contribution is 6.00. The molecule has 1 amide bonds. The van der Waals surface area contributed by atoms with Gasteiger partial charge in [0.2, 0.25) is 11.9 Å². The maximum Gasteiger partial charge on any atom is 0.247 e. The van der Waals surface area contributed by atoms with Gasteiger partial charge in [-0.15, -0.1) is 0 Å². The van der Waals surface area contributed by atoms with Crippen LogP contribution in [0.2, 0.25) is 0 Å². The predicted molar refractivity (Wildman–Crippen MR) is 160 cm³/mol. The van der Waals surface area contributed by atoms with E-state index in [2.05, 4.69) is 38.1 Å². The second-order valence-corrected chi connectivity index (χ2v) is 9.86. The topological polar surface area (TPSA) is 103 Å². The van der Waals surface area contributed by atoms with Crippen molar-refractivity contribution < 1.29 is 14.6 Å². The van der Waals surface area contributed by atoms with E-state index in [9.17, 15) is 9.90 Å². The van der Waals surface area contributed by atoms with Crippen molar-refractivity contribution in [1.82, 2.24) is 14.9 Å². The van der Waals surface area contributed by atoms with Crippen LogP contribution in [0.4, 0.5) is 23.0 Å². The number of hydrogen-bond donors (Lipinski definition) is 3. The third kappa shape index (κ3) is 6.22. The van der Waals surface area contributed by atoms with Crippen LogP contribution >= 0.6 is 0 Å². The number of β-amino-alcohol motifs (C(OH)–C–C–N with tert-alkyl or cyclic N) is 1. The van der Waals surface area contributed by atoms with Crippen LogP contribution in [0.25, 0.3) is 22.0 Å². The number of anilines is 4. The Kier molecular flexibility index (Phi) is 8.23. The number of nitrogens with one attached hydrogen (secondary N) is 2. The molecule has 9 nitrogen and oxygen atoms in total. The summed E-state index contributed by atoms with van der Waals surface area (Å²) in [6.07, 6.45) is 2.72. The molecule has 2 heterocycles. The van der Waals surface area contributed by atoms with Crippen molar-refractivity contribution in [2.45, 2.75) is 13.0 Å². The van der Waals surface area contributed by atoms with E-state index >= 15 is 0 Å². The lowest BCUT2D eigenvalue weighted by molar-refractivity contribution is -0.111. The zero-order valence-electron chi connectivity index (χ0n) is 22.8. The minimum atomic E-state index is -0.319. The van der Waals surface area contributed by atoms with Gasteiger partial charge in [0.1, 0.15) is 5.75 Å². The number of hydrogen-bond acceptors (Lipinski definition) is 8. The standard InChI is InChI=1S/C31H34N6O3/c1-4-29(39)33-24-9-5-7-22(17-24)26-10-6-8-23-19-32-31(35-30(23)26)34-27-12-11-25(18-28(27)40-3)37-15-13-36(14-16-37)20-21(2)38/h4-12,17-19,21,38H,1,13-16,20H2,2-3H3,(H,33,39)(H,32,34,35). The summed E-state index contributed by atoms with van der Waals surface area (Å²) >= 11 is 0. The summed E-state index contributed by atoms with van der Waals surface area (Å²) in [4.78, 5) is 25.8. The molecule has 1 atom stereocenters. The van der Waals surface area contributed by atoms with Crippen LogP contribution in [0.5, 0.6) is 5.75 Å². The highest BCUT2D eigenvalue weighted by Gasteiger charge is 2.19. The summed E-state index contributed by atoms with van der Waals surface area (Å²) in [6.45, 7) is 9.63. The van der Waals surface area contributed by atoms with Gasteiger partial charge in [0.05, 0.1) is 24.4 Å². The highest BCUT2D eigenvalue weighted by atomic mass is 16.5. The third-order valence-electron chi connectivity index (χ3n) is 6.93. The average Bonchev–Trinajstić information content (AvgIpc) is 2.97. The first-order chi connectivity index (χ1) is 19.4. The molecule has 9 heteroatoms. The Morgan fingerprint density at radius 1 is 1.12 bits per heavy atom. The van der Waals surface area contributed by atoms with Crippen molar-refractivity contribution in [1.29, 1.82) is 0 Å². The summed E-state index contributed by atoms with van der Waals surface area (Å²) in [7, 11) is 1.66. The fraction of sp³-hybridized carbons (Fsp3) is 0.258. The fourth-order valence-corrected chi connectivity index (χ4v) is 4.97. The summed E-state index contributed by atoms with van der Waals surface area (Å²) in [6, 6.07) is 19.7. The van der Waals surface area contributed by atoms with Crippen LogP contribution in [-0.2, 0) is 4.79 Å². The number of aliphatic hydroxyl groups excluding tert-OH is 1. The van der Waals surface area contributed by atoms with Crippen LogP contribution in [0, 0.1) is 0 Å². The predicted octanol–water partition coefficient (Wildman–Crippen LogP) is 4.68. The normalized spacial score (nSPS) is 14.5. The second-order valence-electron chi connectivity index (χ2n) is 9.86. The molecule has 0 spiro atoms. The van der Waals surface area contributed by atoms with Crippen LogP contribution in [-0.4, -0.2) is 71.8 Å². The number of fused-ring (bicyclic) bond motifs is 1. The molecule has 1 unspecified atom stereocenters. The minimum Gasteiger partial charge on any atom is -0.494 e. The van der Waals surface area contributed by atoms with Crippen molar-refractivity contribution in [2.75, 3.05) is 55.4 Å². The molecule has 0 saturated carbocycles. The molecule has 206 valence electrons. The van der Waals surface area contributed by atoms with Gasteiger partial charge in [-0.3, -0.25) is 9.69 Å². The fourth-order valence-electron chi connectivity index (χ4n) is 4.97. The van der Waals surface area contributed by atoms with Gasteiger partial charge in [-0.1, -0.05) is 36.9 Å². The Morgan fingerprint density at radius 3 is 2.67 bits per heavy atom. The van der Waals surface area contributed by atoms with Gasteiger partial charge in [0.25, 0.3) is 0 Å². The van der Waals surface area contributed by atoms with Gasteiger partial charge in [0, 0.05) is 67.3 Å². The number of piperazine rings is 1. The summed E-state index contributed by atoms with van der Waals surface area (Å²) in [5.41, 5.74) is 5.18. The molecule has 4 aromatic rings. The summed E-state index contributed by atoms with van der Waals surface area (Å²) in [5.74, 6) is 0.892. The molecule has 0 bridgehead atoms. The number of methoxy groups -OCH3 is 1. The first-order valence-corrected chi connectivity index (χ1v) is 13.3. The number of nitrogens with zero attached hydrogens (tertiary/aromatic N) is 4. The van der Waals surface area contributed by atoms with Gasteiger partial charge >= 0.3 is 0 Å². The van der Waals surface area contributed by atoms with Crippen LogP contribution in [0.15, 0.2) is 79.5 Å². The molecular formula is C31H34N6O3. The maximum atomic E-state index is 11.8. The smallest absolute Gasteiger partial charge is 0.247 e. The van der Waals surface area contributed by atoms with Crippen molar-refractivity contribution in [3.8, 4) is 16.9 Å². The number of rotatable bonds is 9. The Balaban J connectivity index is 1.38. The third-order valence-corrected chi connectivity index (χ3v) is 6.93. The number of aromatic nitrogens is 2. The molecular weight excluding hydrogens is 504 g/mol. The van der Waals surface area contributed by atoms with Gasteiger partial charge in [-0.05, 0) is 42.8 Å². The van der Waals surface area contributed by atoms with Crippen LogP contribution < -0.4 is 20.3 Å². The van der Waals surface area contributed by atoms with Gasteiger partial charge < -0.3 is 25.4 Å². The van der Waals surface area contributed by atoms with Crippen LogP contribution in [0.3, 0.4) is 0 Å². The monoisotopic (exact) mass is 538 g/mol. The van der Waals surface area contributed by atoms with E-state index in [-0.39, 0.29) is 12.0 Å². The largest absolute Gasteiger partial charge is 0.494 e. The lowest BCUT2D eigenvalue weighted by atomic mass is 10.0. The van der Waals surface area contributed by atoms with Crippen molar-refractivity contribution in [3.05, 3.63) is 79.5 Å². The number of benzene rings is 3. The Hall–Kier alpha value is -4.47. The number of carbonyl (C=O) groups is 1. The first-order valence-electron chi connectivity index (χ1n) is 13.3. The van der Waals surface area contributed by atoms with Crippen LogP contribution in [0.1, 0.15) is 6.92 Å². The molecule has 0 aliphatic carbocycles. The highest BCUT2D eigenvalue weighted by Crippen LogP contribution is 2.33. The molecule has 1 aromatic heterocycles. The minimum absolute atomic E-state index is 0.262. The van der Waals surface area contributed by atoms with E-state index in [0.717, 1.165) is 59.6 Å². The Labute approximate surface area is 234 Å². The Morgan fingerprint density at radius 2 is 1.93 bits per heavy atom. The van der Waals surface area contributed by atoms with Crippen molar-refractivity contribution in [2.24, 2.45) is 0 Å². The number of amides is 1. The zero-order chi connectivity index (χ0) is 28.1. The lowest BCUT2D eigenvalue weighted by Crippen LogP contribution is -2.48. The number of ether oxygens (including phenoxy) is 1. The van der Waals surface area contributed by atoms with Gasteiger partial charge in [0.15, 0.2) is 0 Å². The van der Waals surface area contributed by atoms with E-state index in [1.165, 1.54) is 6.08 Å². The number of carbonyl (C=O) groups excluding carboxylic acids is 1. The molecule has 0 radical (unpaired) electrons. The number of para-hydroxylation sites is 1. The second kappa shape index (κ2) is 12.1. The van der Waals surface area contributed by atoms with E-state index in [4.69, 9.17) is 9.72 Å². The quantitative estimate of drug-likeness (QED) is 0.264. The van der Waals surface area contributed by atoms with Gasteiger partial charge in [-0.2, -0.15) is 0 Å². The van der Waals surface area contributed by atoms with Crippen molar-refractivity contribution >= 4 is 39.8 Å².